The molecule has 8 heteroatoms. The lowest BCUT2D eigenvalue weighted by molar-refractivity contribution is -0.131. The average molecular weight is 412 g/mol. The van der Waals surface area contributed by atoms with Crippen LogP contribution in [0.2, 0.25) is 0 Å². The number of nitrogens with one attached hydrogen (secondary N) is 2. The zero-order valence-electron chi connectivity index (χ0n) is 17.3. The third-order valence-corrected chi connectivity index (χ3v) is 5.94. The van der Waals surface area contributed by atoms with Crippen molar-refractivity contribution < 1.29 is 18.5 Å². The molecule has 3 heterocycles. The molecule has 1 saturated heterocycles. The summed E-state index contributed by atoms with van der Waals surface area (Å²) in [6.45, 7) is 6.50. The molecule has 0 radical (unpaired) electrons. The number of aromatic amines is 1. The van der Waals surface area contributed by atoms with E-state index in [2.05, 4.69) is 15.5 Å². The number of halogens is 1. The van der Waals surface area contributed by atoms with Crippen LogP contribution in [0.15, 0.2) is 22.7 Å². The van der Waals surface area contributed by atoms with Crippen LogP contribution in [0.5, 0.6) is 0 Å². The van der Waals surface area contributed by atoms with Gasteiger partial charge in [0.05, 0.1) is 17.8 Å². The number of carbonyl (C=O) groups is 2. The van der Waals surface area contributed by atoms with Gasteiger partial charge in [-0.05, 0) is 45.2 Å². The third-order valence-electron chi connectivity index (χ3n) is 5.94. The molecule has 2 amide bonds. The molecule has 1 unspecified atom stereocenters. The van der Waals surface area contributed by atoms with Gasteiger partial charge < -0.3 is 19.7 Å². The zero-order chi connectivity index (χ0) is 21.4. The number of amides is 2. The summed E-state index contributed by atoms with van der Waals surface area (Å²) < 4.78 is 19.2. The Morgan fingerprint density at radius 2 is 2.13 bits per heavy atom. The second-order valence-electron chi connectivity index (χ2n) is 7.90. The monoisotopic (exact) mass is 412 g/mol. The minimum Gasteiger partial charge on any atom is -0.361 e. The largest absolute Gasteiger partial charge is 0.361 e. The number of H-pyrrole nitrogens is 1. The van der Waals surface area contributed by atoms with E-state index in [1.807, 2.05) is 13.8 Å². The van der Waals surface area contributed by atoms with E-state index >= 15 is 0 Å². The molecule has 3 aromatic rings. The Bertz CT molecular complexity index is 1100. The highest BCUT2D eigenvalue weighted by Crippen LogP contribution is 2.24. The quantitative estimate of drug-likeness (QED) is 0.686. The molecule has 2 N–H and O–H groups in total. The van der Waals surface area contributed by atoms with Crippen molar-refractivity contribution in [2.24, 2.45) is 0 Å². The van der Waals surface area contributed by atoms with E-state index in [4.69, 9.17) is 4.52 Å². The van der Waals surface area contributed by atoms with Gasteiger partial charge in [0, 0.05) is 30.0 Å². The number of hydrogen-bond acceptors (Lipinski definition) is 4. The van der Waals surface area contributed by atoms with E-state index in [1.54, 1.807) is 24.0 Å². The van der Waals surface area contributed by atoms with Gasteiger partial charge in [-0.25, -0.2) is 4.39 Å². The standard InChI is InChI=1S/C22H25FN4O3/c1-12-16-5-4-6-18(23)21(16)25-20(12)22(29)24-15-7-8-19(28)27(10-9-15)11-17-13(2)26-30-14(17)3/h4-6,15,25H,7-11H2,1-3H3,(H,24,29). The molecule has 1 atom stereocenters. The number of nitrogens with zero attached hydrogens (tertiary/aromatic N) is 2. The number of carbonyl (C=O) groups excluding carboxylic acids is 2. The van der Waals surface area contributed by atoms with E-state index in [9.17, 15) is 14.0 Å². The van der Waals surface area contributed by atoms with Gasteiger partial charge in [-0.15, -0.1) is 0 Å². The fraction of sp³-hybridized carbons (Fsp3) is 0.409. The Kier molecular flexibility index (Phi) is 5.32. The van der Waals surface area contributed by atoms with Crippen molar-refractivity contribution in [1.29, 1.82) is 0 Å². The highest BCUT2D eigenvalue weighted by molar-refractivity contribution is 6.01. The van der Waals surface area contributed by atoms with Crippen molar-refractivity contribution in [3.05, 3.63) is 52.3 Å². The second-order valence-corrected chi connectivity index (χ2v) is 7.90. The smallest absolute Gasteiger partial charge is 0.268 e. The fourth-order valence-electron chi connectivity index (χ4n) is 4.07. The summed E-state index contributed by atoms with van der Waals surface area (Å²) in [6, 6.07) is 4.65. The van der Waals surface area contributed by atoms with Crippen LogP contribution in [-0.2, 0) is 11.3 Å². The summed E-state index contributed by atoms with van der Waals surface area (Å²) in [5, 5.41) is 7.66. The van der Waals surface area contributed by atoms with Gasteiger partial charge in [0.1, 0.15) is 17.3 Å². The number of hydrogen-bond donors (Lipinski definition) is 2. The SMILES string of the molecule is Cc1noc(C)c1CN1CCC(NC(=O)c2[nH]c3c(F)cccc3c2C)CCC1=O. The van der Waals surface area contributed by atoms with Gasteiger partial charge in [-0.3, -0.25) is 9.59 Å². The molecule has 158 valence electrons. The Labute approximate surface area is 173 Å². The van der Waals surface area contributed by atoms with Crippen LogP contribution in [0.3, 0.4) is 0 Å². The van der Waals surface area contributed by atoms with E-state index in [-0.39, 0.29) is 23.7 Å². The Morgan fingerprint density at radius 3 is 2.83 bits per heavy atom. The number of fused-ring (bicyclic) bond motifs is 1. The summed E-state index contributed by atoms with van der Waals surface area (Å²) in [6.07, 6.45) is 1.57. The number of benzene rings is 1. The highest BCUT2D eigenvalue weighted by Gasteiger charge is 2.26. The summed E-state index contributed by atoms with van der Waals surface area (Å²) >= 11 is 0. The van der Waals surface area contributed by atoms with Crippen molar-refractivity contribution >= 4 is 22.7 Å². The molecule has 4 rings (SSSR count). The van der Waals surface area contributed by atoms with Crippen molar-refractivity contribution in [2.75, 3.05) is 6.54 Å². The molecule has 1 aliphatic heterocycles. The Balaban J connectivity index is 1.45. The molecule has 0 aliphatic carbocycles. The number of aromatic nitrogens is 2. The number of para-hydroxylation sites is 1. The van der Waals surface area contributed by atoms with Gasteiger partial charge in [0.15, 0.2) is 0 Å². The van der Waals surface area contributed by atoms with Crippen LogP contribution in [0.25, 0.3) is 10.9 Å². The van der Waals surface area contributed by atoms with Gasteiger partial charge in [0.25, 0.3) is 5.91 Å². The molecule has 0 bridgehead atoms. The average Bonchev–Trinajstić information content (AvgIpc) is 3.16. The Morgan fingerprint density at radius 1 is 1.33 bits per heavy atom. The Hall–Kier alpha value is -3.16. The minimum absolute atomic E-state index is 0.0515. The lowest BCUT2D eigenvalue weighted by Gasteiger charge is -2.21. The van der Waals surface area contributed by atoms with Gasteiger partial charge >= 0.3 is 0 Å². The first-order chi connectivity index (χ1) is 14.3. The van der Waals surface area contributed by atoms with Gasteiger partial charge in [-0.1, -0.05) is 17.3 Å². The maximum Gasteiger partial charge on any atom is 0.268 e. The van der Waals surface area contributed by atoms with Crippen molar-refractivity contribution in [2.45, 2.75) is 52.6 Å². The normalized spacial score (nSPS) is 17.4. The molecule has 0 saturated carbocycles. The predicted molar refractivity (Wildman–Crippen MR) is 109 cm³/mol. The first kappa shape index (κ1) is 20.1. The molecule has 2 aromatic heterocycles. The molecule has 7 nitrogen and oxygen atoms in total. The first-order valence-corrected chi connectivity index (χ1v) is 10.1. The maximum absolute atomic E-state index is 14.0. The van der Waals surface area contributed by atoms with E-state index < -0.39 is 0 Å². The second kappa shape index (κ2) is 7.93. The number of aryl methyl sites for hydroxylation is 3. The molecule has 1 aromatic carbocycles. The van der Waals surface area contributed by atoms with Crippen LogP contribution < -0.4 is 5.32 Å². The molecule has 0 spiro atoms. The summed E-state index contributed by atoms with van der Waals surface area (Å²) in [7, 11) is 0. The molecule has 1 aliphatic rings. The fourth-order valence-corrected chi connectivity index (χ4v) is 4.07. The van der Waals surface area contributed by atoms with Crippen molar-refractivity contribution in [3.8, 4) is 0 Å². The van der Waals surface area contributed by atoms with Crippen LogP contribution in [0.1, 0.15) is 52.3 Å². The maximum atomic E-state index is 14.0. The predicted octanol–water partition coefficient (Wildman–Crippen LogP) is 3.53. The molecule has 1 fully saturated rings. The topological polar surface area (TPSA) is 91.2 Å². The van der Waals surface area contributed by atoms with Crippen molar-refractivity contribution in [1.82, 2.24) is 20.4 Å². The summed E-state index contributed by atoms with van der Waals surface area (Å²) in [5.41, 5.74) is 3.13. The minimum atomic E-state index is -0.385. The lowest BCUT2D eigenvalue weighted by Crippen LogP contribution is -2.36. The number of rotatable bonds is 4. The lowest BCUT2D eigenvalue weighted by atomic mass is 10.1. The number of likely N-dealkylation sites (tertiary alicyclic amines) is 1. The van der Waals surface area contributed by atoms with E-state index in [0.717, 1.165) is 17.0 Å². The highest BCUT2D eigenvalue weighted by atomic mass is 19.1. The van der Waals surface area contributed by atoms with Crippen LogP contribution in [0.4, 0.5) is 4.39 Å². The third kappa shape index (κ3) is 3.69. The van der Waals surface area contributed by atoms with E-state index in [1.165, 1.54) is 6.07 Å². The summed E-state index contributed by atoms with van der Waals surface area (Å²) in [4.78, 5) is 30.1. The van der Waals surface area contributed by atoms with Crippen LogP contribution >= 0.6 is 0 Å². The summed E-state index contributed by atoms with van der Waals surface area (Å²) in [5.74, 6) is 0.107. The van der Waals surface area contributed by atoms with E-state index in [0.29, 0.717) is 54.5 Å². The van der Waals surface area contributed by atoms with Gasteiger partial charge in [-0.2, -0.15) is 0 Å². The molecular formula is C22H25FN4O3. The molecular weight excluding hydrogens is 387 g/mol. The van der Waals surface area contributed by atoms with Crippen molar-refractivity contribution in [3.63, 3.8) is 0 Å². The van der Waals surface area contributed by atoms with Crippen LogP contribution in [0, 0.1) is 26.6 Å². The molecule has 30 heavy (non-hydrogen) atoms. The van der Waals surface area contributed by atoms with Crippen LogP contribution in [-0.4, -0.2) is 39.4 Å². The first-order valence-electron chi connectivity index (χ1n) is 10.1. The van der Waals surface area contributed by atoms with Gasteiger partial charge in [0.2, 0.25) is 5.91 Å². The zero-order valence-corrected chi connectivity index (χ0v) is 17.3.